The van der Waals surface area contributed by atoms with E-state index in [4.69, 9.17) is 0 Å². The number of hydrogen-bond donors (Lipinski definition) is 1. The van der Waals surface area contributed by atoms with E-state index >= 15 is 0 Å². The summed E-state index contributed by atoms with van der Waals surface area (Å²) in [7, 11) is 1.75. The van der Waals surface area contributed by atoms with Gasteiger partial charge in [0.25, 0.3) is 5.91 Å². The molecule has 1 aliphatic heterocycles. The van der Waals surface area contributed by atoms with Crippen LogP contribution in [0.15, 0.2) is 36.8 Å². The fourth-order valence-corrected chi connectivity index (χ4v) is 4.61. The third kappa shape index (κ3) is 4.09. The Hall–Kier alpha value is -2.73. The third-order valence-corrected chi connectivity index (χ3v) is 6.48. The van der Waals surface area contributed by atoms with Crippen molar-refractivity contribution in [1.29, 1.82) is 0 Å². The van der Waals surface area contributed by atoms with E-state index in [2.05, 4.69) is 30.3 Å². The second-order valence-electron chi connectivity index (χ2n) is 9.16. The molecule has 2 atom stereocenters. The molecule has 4 rings (SSSR count). The molecular weight excluding hydrogens is 391 g/mol. The molecule has 1 N–H and O–H groups in total. The quantitative estimate of drug-likeness (QED) is 0.659. The third-order valence-electron chi connectivity index (χ3n) is 6.48. The largest absolute Gasteiger partial charge is 0.339 e. The summed E-state index contributed by atoms with van der Waals surface area (Å²) < 4.78 is 16.2. The number of fused-ring (bicyclic) bond motifs is 1. The predicted octanol–water partition coefficient (Wildman–Crippen LogP) is 4.49. The van der Waals surface area contributed by atoms with Crippen LogP contribution in [0.25, 0.3) is 16.6 Å². The highest BCUT2D eigenvalue weighted by molar-refractivity contribution is 5.99. The smallest absolute Gasteiger partial charge is 0.256 e. The van der Waals surface area contributed by atoms with Crippen LogP contribution in [-0.2, 0) is 6.42 Å². The van der Waals surface area contributed by atoms with E-state index < -0.39 is 5.82 Å². The Morgan fingerprint density at radius 1 is 1.35 bits per heavy atom. The van der Waals surface area contributed by atoms with Gasteiger partial charge < -0.3 is 14.8 Å². The van der Waals surface area contributed by atoms with Crippen LogP contribution in [0.5, 0.6) is 0 Å². The van der Waals surface area contributed by atoms with E-state index in [-0.39, 0.29) is 11.9 Å². The summed E-state index contributed by atoms with van der Waals surface area (Å²) in [6.45, 7) is 9.20. The number of hydrogen-bond acceptors (Lipinski definition) is 3. The van der Waals surface area contributed by atoms with E-state index in [0.717, 1.165) is 30.5 Å². The summed E-state index contributed by atoms with van der Waals surface area (Å²) in [5, 5.41) is 4.71. The number of aromatic nitrogens is 2. The molecule has 0 saturated carbocycles. The monoisotopic (exact) mass is 422 g/mol. The fraction of sp³-hybridized carbons (Fsp3) is 0.440. The molecule has 0 spiro atoms. The lowest BCUT2D eigenvalue weighted by atomic mass is 9.96. The first kappa shape index (κ1) is 21.5. The molecule has 1 fully saturated rings. The van der Waals surface area contributed by atoms with Gasteiger partial charge in [0.05, 0.1) is 23.0 Å². The van der Waals surface area contributed by atoms with E-state index in [0.29, 0.717) is 23.2 Å². The van der Waals surface area contributed by atoms with Crippen molar-refractivity contribution in [3.8, 4) is 5.69 Å². The Bertz CT molecular complexity index is 1120. The second-order valence-corrected chi connectivity index (χ2v) is 9.16. The molecule has 31 heavy (non-hydrogen) atoms. The van der Waals surface area contributed by atoms with Gasteiger partial charge in [-0.15, -0.1) is 0 Å². The zero-order valence-electron chi connectivity index (χ0n) is 18.9. The molecule has 6 heteroatoms. The maximum atomic E-state index is 14.2. The highest BCUT2D eigenvalue weighted by atomic mass is 19.1. The molecular formula is C25H31FN4O. The molecule has 3 aromatic rings. The van der Waals surface area contributed by atoms with Crippen molar-refractivity contribution in [3.63, 3.8) is 0 Å². The minimum absolute atomic E-state index is 0.0151. The highest BCUT2D eigenvalue weighted by Gasteiger charge is 2.25. The number of aryl methyl sites for hydroxylation is 1. The molecule has 0 radical (unpaired) electrons. The van der Waals surface area contributed by atoms with Crippen molar-refractivity contribution >= 4 is 16.8 Å². The van der Waals surface area contributed by atoms with Gasteiger partial charge in [-0.2, -0.15) is 0 Å². The molecule has 2 aromatic heterocycles. The average Bonchev–Trinajstić information content (AvgIpc) is 3.31. The lowest BCUT2D eigenvalue weighted by Gasteiger charge is -2.23. The van der Waals surface area contributed by atoms with E-state index in [1.165, 1.54) is 23.1 Å². The molecule has 1 amide bonds. The van der Waals surface area contributed by atoms with Gasteiger partial charge in [-0.05, 0) is 82.3 Å². The van der Waals surface area contributed by atoms with Crippen molar-refractivity contribution in [3.05, 3.63) is 59.3 Å². The number of nitrogens with zero attached hydrogens (tertiary/aromatic N) is 3. The first-order valence-electron chi connectivity index (χ1n) is 11.0. The molecule has 1 aromatic carbocycles. The summed E-state index contributed by atoms with van der Waals surface area (Å²) in [5.41, 5.74) is 4.34. The Morgan fingerprint density at radius 3 is 2.81 bits per heavy atom. The average molecular weight is 423 g/mol. The topological polar surface area (TPSA) is 50.2 Å². The molecule has 1 aliphatic rings. The maximum absolute atomic E-state index is 14.2. The zero-order valence-corrected chi connectivity index (χ0v) is 18.9. The Morgan fingerprint density at radius 2 is 2.13 bits per heavy atom. The van der Waals surface area contributed by atoms with Crippen LogP contribution in [-0.4, -0.2) is 46.0 Å². The van der Waals surface area contributed by atoms with Gasteiger partial charge in [-0.25, -0.2) is 4.39 Å². The molecule has 0 bridgehead atoms. The lowest BCUT2D eigenvalue weighted by molar-refractivity contribution is 0.0754. The molecule has 0 aliphatic carbocycles. The Kier molecular flexibility index (Phi) is 5.84. The van der Waals surface area contributed by atoms with Crippen LogP contribution in [0.2, 0.25) is 0 Å². The van der Waals surface area contributed by atoms with Crippen LogP contribution >= 0.6 is 0 Å². The van der Waals surface area contributed by atoms with Crippen molar-refractivity contribution in [2.45, 2.75) is 52.6 Å². The normalized spacial score (nSPS) is 18.8. The Labute approximate surface area is 183 Å². The van der Waals surface area contributed by atoms with Crippen LogP contribution in [0, 0.1) is 18.7 Å². The summed E-state index contributed by atoms with van der Waals surface area (Å²) >= 11 is 0. The van der Waals surface area contributed by atoms with Gasteiger partial charge >= 0.3 is 0 Å². The lowest BCUT2D eigenvalue weighted by Crippen LogP contribution is -2.33. The Balaban J connectivity index is 1.86. The highest BCUT2D eigenvalue weighted by Crippen LogP contribution is 2.32. The summed E-state index contributed by atoms with van der Waals surface area (Å²) in [5.74, 6) is -0.0356. The van der Waals surface area contributed by atoms with Crippen molar-refractivity contribution in [2.75, 3.05) is 13.6 Å². The second kappa shape index (κ2) is 8.42. The van der Waals surface area contributed by atoms with Crippen LogP contribution in [0.1, 0.15) is 48.7 Å². The fourth-order valence-electron chi connectivity index (χ4n) is 4.61. The molecule has 0 unspecified atom stereocenters. The van der Waals surface area contributed by atoms with E-state index in [1.54, 1.807) is 18.0 Å². The number of amides is 1. The van der Waals surface area contributed by atoms with Crippen LogP contribution in [0.3, 0.4) is 0 Å². The number of pyridine rings is 1. The van der Waals surface area contributed by atoms with Gasteiger partial charge in [-0.1, -0.05) is 0 Å². The molecule has 3 heterocycles. The van der Waals surface area contributed by atoms with E-state index in [1.807, 2.05) is 30.8 Å². The van der Waals surface area contributed by atoms with Crippen LogP contribution in [0.4, 0.5) is 4.39 Å². The summed E-state index contributed by atoms with van der Waals surface area (Å²) in [6, 6.07) is 5.00. The number of benzene rings is 1. The molecule has 1 saturated heterocycles. The van der Waals surface area contributed by atoms with Gasteiger partial charge in [0.2, 0.25) is 0 Å². The number of carbonyl (C=O) groups is 1. The molecule has 164 valence electrons. The van der Waals surface area contributed by atoms with Crippen molar-refractivity contribution < 1.29 is 9.18 Å². The van der Waals surface area contributed by atoms with Crippen molar-refractivity contribution in [2.24, 2.45) is 5.92 Å². The number of carbonyl (C=O) groups excluding carboxylic acids is 1. The van der Waals surface area contributed by atoms with Gasteiger partial charge in [0, 0.05) is 36.9 Å². The van der Waals surface area contributed by atoms with Crippen molar-refractivity contribution in [1.82, 2.24) is 19.8 Å². The SMILES string of the molecule is Cc1cncc2c1c(C[C@H]1CN[C@H](C)C1)cn2-c1ccc(F)cc1C(=O)N(C)C(C)C. The first-order chi connectivity index (χ1) is 14.8. The minimum atomic E-state index is -0.415. The van der Waals surface area contributed by atoms with Gasteiger partial charge in [0.1, 0.15) is 5.82 Å². The standard InChI is InChI=1S/C25H31FN4O/c1-15(2)29(5)25(31)21-10-20(26)6-7-22(21)30-14-19(9-18-8-17(4)28-12-18)24-16(3)11-27-13-23(24)30/h6-7,10-11,13-15,17-18,28H,8-9,12H2,1-5H3/t17-,18+/m1/s1. The van der Waals surface area contributed by atoms with E-state index in [9.17, 15) is 9.18 Å². The zero-order chi connectivity index (χ0) is 22.3. The number of nitrogens with one attached hydrogen (secondary N) is 1. The molecule has 5 nitrogen and oxygen atoms in total. The van der Waals surface area contributed by atoms with Gasteiger partial charge in [0.15, 0.2) is 0 Å². The predicted molar refractivity (Wildman–Crippen MR) is 122 cm³/mol. The number of halogens is 1. The van der Waals surface area contributed by atoms with Gasteiger partial charge in [-0.3, -0.25) is 9.78 Å². The minimum Gasteiger partial charge on any atom is -0.339 e. The van der Waals surface area contributed by atoms with Crippen LogP contribution < -0.4 is 5.32 Å². The first-order valence-corrected chi connectivity index (χ1v) is 11.0. The maximum Gasteiger partial charge on any atom is 0.256 e. The number of rotatable bonds is 5. The summed E-state index contributed by atoms with van der Waals surface area (Å²) in [6.07, 6.45) is 7.94. The summed E-state index contributed by atoms with van der Waals surface area (Å²) in [4.78, 5) is 19.2.